The smallest absolute Gasteiger partial charge is 0.388 e. The normalized spacial score (nSPS) is 16.8. The molecule has 1 aromatic heterocycles. The summed E-state index contributed by atoms with van der Waals surface area (Å²) in [6.45, 7) is 4.23. The molecule has 0 aliphatic heterocycles. The van der Waals surface area contributed by atoms with Gasteiger partial charge in [0.25, 0.3) is 5.91 Å². The Hall–Kier alpha value is -4.46. The van der Waals surface area contributed by atoms with Gasteiger partial charge in [-0.05, 0) is 50.0 Å². The molecule has 230 valence electrons. The van der Waals surface area contributed by atoms with Crippen LogP contribution in [0.25, 0.3) is 0 Å². The topological polar surface area (TPSA) is 123 Å². The maximum absolute atomic E-state index is 14.0. The maximum Gasteiger partial charge on any atom is 0.435 e. The number of allylic oxidation sites excluding steroid dienone is 4. The number of alkyl halides is 3. The van der Waals surface area contributed by atoms with Gasteiger partial charge in [0, 0.05) is 35.7 Å². The second kappa shape index (κ2) is 14.1. The van der Waals surface area contributed by atoms with Gasteiger partial charge in [0.15, 0.2) is 5.69 Å². The van der Waals surface area contributed by atoms with Crippen LogP contribution >= 0.6 is 0 Å². The summed E-state index contributed by atoms with van der Waals surface area (Å²) in [5.41, 5.74) is 3.46. The first kappa shape index (κ1) is 33.0. The van der Waals surface area contributed by atoms with Gasteiger partial charge in [-0.1, -0.05) is 24.8 Å². The molecule has 0 radical (unpaired) electrons. The monoisotopic (exact) mass is 609 g/mol. The lowest BCUT2D eigenvalue weighted by atomic mass is 9.98. The number of carbonyl (C=O) groups excluding carboxylic acids is 2. The molecule has 14 heteroatoms. The average Bonchev–Trinajstić information content (AvgIpc) is 3.47. The van der Waals surface area contributed by atoms with Crippen LogP contribution in [0.2, 0.25) is 0 Å². The van der Waals surface area contributed by atoms with E-state index in [4.69, 9.17) is 5.73 Å². The SMILES string of the molecule is C=C/C(F)=C(\C=C\CC(=N/C=C\C)[C@H](Cc1cc(F)cc(F)c1)NC(=O)Cn1nc(C(F)(F)F)c2c1CCC2O)C(N)=O. The number of nitrogens with two attached hydrogens (primary N) is 1. The lowest BCUT2D eigenvalue weighted by molar-refractivity contribution is -0.143. The summed E-state index contributed by atoms with van der Waals surface area (Å²) in [5.74, 6) is -4.63. The van der Waals surface area contributed by atoms with Crippen LogP contribution in [-0.2, 0) is 35.2 Å². The van der Waals surface area contributed by atoms with Crippen molar-refractivity contribution in [3.63, 3.8) is 0 Å². The first-order valence-corrected chi connectivity index (χ1v) is 13.0. The van der Waals surface area contributed by atoms with Crippen LogP contribution in [-0.4, -0.2) is 38.5 Å². The molecule has 1 unspecified atom stereocenters. The largest absolute Gasteiger partial charge is 0.435 e. The molecule has 1 aliphatic carbocycles. The summed E-state index contributed by atoms with van der Waals surface area (Å²) in [6, 6.07) is 1.66. The minimum Gasteiger partial charge on any atom is -0.388 e. The summed E-state index contributed by atoms with van der Waals surface area (Å²) in [7, 11) is 0. The van der Waals surface area contributed by atoms with E-state index in [1.165, 1.54) is 12.3 Å². The Morgan fingerprint density at radius 3 is 2.53 bits per heavy atom. The zero-order valence-electron chi connectivity index (χ0n) is 23.0. The molecular formula is C29H29F6N5O3. The highest BCUT2D eigenvalue weighted by atomic mass is 19.4. The van der Waals surface area contributed by atoms with E-state index in [-0.39, 0.29) is 48.2 Å². The van der Waals surface area contributed by atoms with Crippen molar-refractivity contribution in [2.45, 2.75) is 57.5 Å². The number of fused-ring (bicyclic) bond motifs is 1. The van der Waals surface area contributed by atoms with Gasteiger partial charge in [0.05, 0.1) is 17.7 Å². The van der Waals surface area contributed by atoms with Crippen LogP contribution in [0.4, 0.5) is 26.3 Å². The summed E-state index contributed by atoms with van der Waals surface area (Å²) in [4.78, 5) is 29.1. The number of halogens is 6. The molecule has 0 fully saturated rings. The third kappa shape index (κ3) is 8.53. The molecule has 2 aromatic rings. The van der Waals surface area contributed by atoms with Crippen molar-refractivity contribution < 1.29 is 41.0 Å². The van der Waals surface area contributed by atoms with Crippen LogP contribution in [0.5, 0.6) is 0 Å². The zero-order valence-corrected chi connectivity index (χ0v) is 23.0. The number of aliphatic imine (C=N–C) groups is 1. The van der Waals surface area contributed by atoms with Crippen molar-refractivity contribution in [2.24, 2.45) is 10.7 Å². The van der Waals surface area contributed by atoms with Gasteiger partial charge in [0.1, 0.15) is 24.0 Å². The maximum atomic E-state index is 14.0. The molecule has 2 atom stereocenters. The molecule has 1 heterocycles. The van der Waals surface area contributed by atoms with Crippen molar-refractivity contribution in [3.8, 4) is 0 Å². The summed E-state index contributed by atoms with van der Waals surface area (Å²) in [6.07, 6.45) is -0.342. The summed E-state index contributed by atoms with van der Waals surface area (Å²) >= 11 is 0. The van der Waals surface area contributed by atoms with Gasteiger partial charge in [-0.25, -0.2) is 13.2 Å². The highest BCUT2D eigenvalue weighted by molar-refractivity contribution is 5.97. The second-order valence-electron chi connectivity index (χ2n) is 9.56. The van der Waals surface area contributed by atoms with Crippen LogP contribution in [0.1, 0.15) is 48.4 Å². The quantitative estimate of drug-likeness (QED) is 0.140. The minimum atomic E-state index is -4.86. The predicted molar refractivity (Wildman–Crippen MR) is 146 cm³/mol. The number of aromatic nitrogens is 2. The summed E-state index contributed by atoms with van der Waals surface area (Å²) in [5, 5.41) is 16.2. The molecule has 4 N–H and O–H groups in total. The Bertz CT molecular complexity index is 1490. The van der Waals surface area contributed by atoms with Crippen LogP contribution in [0, 0.1) is 11.6 Å². The van der Waals surface area contributed by atoms with E-state index in [0.717, 1.165) is 29.0 Å². The second-order valence-corrected chi connectivity index (χ2v) is 9.56. The Labute approximate surface area is 243 Å². The van der Waals surface area contributed by atoms with Crippen molar-refractivity contribution in [2.75, 3.05) is 0 Å². The Morgan fingerprint density at radius 1 is 1.28 bits per heavy atom. The van der Waals surface area contributed by atoms with Crippen molar-refractivity contribution >= 4 is 17.5 Å². The van der Waals surface area contributed by atoms with Crippen molar-refractivity contribution in [1.29, 1.82) is 0 Å². The molecule has 2 amide bonds. The van der Waals surface area contributed by atoms with Gasteiger partial charge < -0.3 is 16.2 Å². The van der Waals surface area contributed by atoms with E-state index in [1.807, 2.05) is 0 Å². The van der Waals surface area contributed by atoms with E-state index < -0.39 is 65.4 Å². The Balaban J connectivity index is 1.97. The molecule has 0 saturated carbocycles. The number of primary amides is 1. The first-order valence-electron chi connectivity index (χ1n) is 13.0. The molecule has 1 aromatic carbocycles. The molecule has 43 heavy (non-hydrogen) atoms. The zero-order chi connectivity index (χ0) is 31.9. The number of aliphatic hydroxyl groups is 1. The fourth-order valence-electron chi connectivity index (χ4n) is 4.62. The fourth-order valence-corrected chi connectivity index (χ4v) is 4.62. The van der Waals surface area contributed by atoms with E-state index in [0.29, 0.717) is 6.07 Å². The third-order valence-electron chi connectivity index (χ3n) is 6.45. The van der Waals surface area contributed by atoms with Crippen LogP contribution in [0.15, 0.2) is 71.7 Å². The number of benzene rings is 1. The molecule has 0 spiro atoms. The number of hydrogen-bond donors (Lipinski definition) is 3. The van der Waals surface area contributed by atoms with Crippen molar-refractivity contribution in [1.82, 2.24) is 15.1 Å². The third-order valence-corrected chi connectivity index (χ3v) is 6.45. The van der Waals surface area contributed by atoms with Crippen LogP contribution in [0.3, 0.4) is 0 Å². The minimum absolute atomic E-state index is 0.0341. The number of nitrogens with zero attached hydrogens (tertiary/aromatic N) is 3. The van der Waals surface area contributed by atoms with E-state index in [9.17, 15) is 41.0 Å². The van der Waals surface area contributed by atoms with Gasteiger partial charge in [-0.3, -0.25) is 19.3 Å². The molecule has 0 saturated heterocycles. The van der Waals surface area contributed by atoms with Gasteiger partial charge in [0.2, 0.25) is 5.91 Å². The lowest BCUT2D eigenvalue weighted by Crippen LogP contribution is -2.44. The van der Waals surface area contributed by atoms with Gasteiger partial charge in [-0.2, -0.15) is 18.3 Å². The van der Waals surface area contributed by atoms with Gasteiger partial charge >= 0.3 is 6.18 Å². The lowest BCUT2D eigenvalue weighted by Gasteiger charge is -2.21. The molecule has 0 bridgehead atoms. The highest BCUT2D eigenvalue weighted by Crippen LogP contribution is 2.41. The number of rotatable bonds is 12. The van der Waals surface area contributed by atoms with E-state index >= 15 is 0 Å². The molecule has 3 rings (SSSR count). The predicted octanol–water partition coefficient (Wildman–Crippen LogP) is 4.70. The van der Waals surface area contributed by atoms with Crippen LogP contribution < -0.4 is 11.1 Å². The number of nitrogens with one attached hydrogen (secondary N) is 1. The molecule has 8 nitrogen and oxygen atoms in total. The first-order chi connectivity index (χ1) is 20.2. The standard InChI is InChI=1S/C29H29F6N5O3/c1-3-10-37-21(7-5-6-19(28(36)43)20(32)4-2)22(13-16-11-17(30)14-18(31)12-16)38-25(42)15-40-23-8-9-24(41)26(23)27(39-40)29(33,34)35/h3-6,10-12,14,22,24,41H,2,7-9,13,15H2,1H3,(H2,36,43)(H,38,42)/b6-5+,10-3-,20-19-,37-21?/t22-,24?/m0/s1. The number of aliphatic hydroxyl groups excluding tert-OH is 1. The average molecular weight is 610 g/mol. The molecule has 1 aliphatic rings. The number of carbonyl (C=O) groups is 2. The Morgan fingerprint density at radius 2 is 1.95 bits per heavy atom. The number of amides is 2. The van der Waals surface area contributed by atoms with E-state index in [2.05, 4.69) is 22.0 Å². The number of hydrogen-bond acceptors (Lipinski definition) is 5. The summed E-state index contributed by atoms with van der Waals surface area (Å²) < 4.78 is 83.5. The Kier molecular flexibility index (Phi) is 10.9. The van der Waals surface area contributed by atoms with E-state index in [1.54, 1.807) is 13.0 Å². The van der Waals surface area contributed by atoms with Crippen molar-refractivity contribution in [3.05, 3.63) is 101 Å². The molecular weight excluding hydrogens is 580 g/mol. The highest BCUT2D eigenvalue weighted by Gasteiger charge is 2.43. The fraction of sp³-hybridized carbons (Fsp3) is 0.310. The van der Waals surface area contributed by atoms with Gasteiger partial charge in [-0.15, -0.1) is 0 Å².